The summed E-state index contributed by atoms with van der Waals surface area (Å²) in [7, 11) is 1.67. The Labute approximate surface area is 129 Å². The van der Waals surface area contributed by atoms with E-state index in [1.807, 2.05) is 18.2 Å². The van der Waals surface area contributed by atoms with Gasteiger partial charge in [0.25, 0.3) is 0 Å². The van der Waals surface area contributed by atoms with Crippen molar-refractivity contribution in [2.45, 2.75) is 33.7 Å². The van der Waals surface area contributed by atoms with Gasteiger partial charge in [-0.15, -0.1) is 0 Å². The highest BCUT2D eigenvalue weighted by Gasteiger charge is 2.35. The Morgan fingerprint density at radius 3 is 2.10 bits per heavy atom. The number of rotatable bonds is 5. The molecule has 0 spiro atoms. The van der Waals surface area contributed by atoms with Crippen molar-refractivity contribution in [2.75, 3.05) is 7.11 Å². The van der Waals surface area contributed by atoms with Crippen LogP contribution in [0.4, 0.5) is 0 Å². The molecule has 21 heavy (non-hydrogen) atoms. The molecule has 1 saturated carbocycles. The minimum atomic E-state index is -0.334. The van der Waals surface area contributed by atoms with E-state index in [4.69, 9.17) is 9.47 Å². The van der Waals surface area contributed by atoms with Gasteiger partial charge in [-0.2, -0.15) is 0 Å². The van der Waals surface area contributed by atoms with Gasteiger partial charge >= 0.3 is 0 Å². The van der Waals surface area contributed by atoms with Crippen LogP contribution in [0.2, 0.25) is 0 Å². The molecule has 0 bridgehead atoms. The van der Waals surface area contributed by atoms with E-state index >= 15 is 0 Å². The SMILES string of the molecule is COC(OCc1ccccc1)[C]1[CH][CH][C](C(C)(C)C)[CH][CH]1. The molecule has 1 aliphatic carbocycles. The molecule has 0 N–H and O–H groups in total. The summed E-state index contributed by atoms with van der Waals surface area (Å²) in [6, 6.07) is 10.1. The van der Waals surface area contributed by atoms with Crippen molar-refractivity contribution in [3.05, 3.63) is 73.4 Å². The molecule has 112 valence electrons. The Kier molecular flexibility index (Phi) is 5.83. The number of benzene rings is 1. The summed E-state index contributed by atoms with van der Waals surface area (Å²) in [5.74, 6) is 2.35. The van der Waals surface area contributed by atoms with Crippen LogP contribution in [-0.4, -0.2) is 13.4 Å². The first-order chi connectivity index (χ1) is 10.0. The van der Waals surface area contributed by atoms with E-state index in [9.17, 15) is 0 Å². The lowest BCUT2D eigenvalue weighted by Crippen LogP contribution is -2.32. The fourth-order valence-corrected chi connectivity index (χ4v) is 2.19. The van der Waals surface area contributed by atoms with Crippen LogP contribution in [0.15, 0.2) is 30.3 Å². The summed E-state index contributed by atoms with van der Waals surface area (Å²) in [5.41, 5.74) is 1.30. The molecule has 2 nitrogen and oxygen atoms in total. The summed E-state index contributed by atoms with van der Waals surface area (Å²) >= 11 is 0. The zero-order chi connectivity index (χ0) is 15.3. The van der Waals surface area contributed by atoms with E-state index in [2.05, 4.69) is 58.6 Å². The highest BCUT2D eigenvalue weighted by molar-refractivity contribution is 5.43. The predicted molar refractivity (Wildman–Crippen MR) is 85.2 cm³/mol. The number of ether oxygens (including phenoxy) is 2. The molecule has 0 aromatic heterocycles. The Hall–Kier alpha value is -0.860. The second kappa shape index (κ2) is 7.42. The van der Waals surface area contributed by atoms with Crippen LogP contribution in [0, 0.1) is 42.9 Å². The summed E-state index contributed by atoms with van der Waals surface area (Å²) in [4.78, 5) is 0. The third kappa shape index (κ3) is 4.82. The molecule has 1 atom stereocenters. The smallest absolute Gasteiger partial charge is 0.164 e. The lowest BCUT2D eigenvalue weighted by atomic mass is 9.70. The molecule has 6 radical (unpaired) electrons. The molecule has 2 heteroatoms. The maximum absolute atomic E-state index is 5.87. The molecule has 1 aliphatic rings. The molecular weight excluding hydrogens is 260 g/mol. The van der Waals surface area contributed by atoms with Crippen LogP contribution >= 0.6 is 0 Å². The van der Waals surface area contributed by atoms with Crippen molar-refractivity contribution in [3.8, 4) is 0 Å². The van der Waals surface area contributed by atoms with Crippen LogP contribution in [-0.2, 0) is 16.1 Å². The van der Waals surface area contributed by atoms with Gasteiger partial charge in [-0.25, -0.2) is 0 Å². The number of methoxy groups -OCH3 is 1. The van der Waals surface area contributed by atoms with Gasteiger partial charge in [0.05, 0.1) is 6.61 Å². The molecule has 0 heterocycles. The van der Waals surface area contributed by atoms with Gasteiger partial charge in [-0.05, 0) is 42.6 Å². The van der Waals surface area contributed by atoms with E-state index in [1.165, 1.54) is 5.92 Å². The minimum Gasteiger partial charge on any atom is -0.355 e. The molecule has 0 saturated heterocycles. The molecule has 0 aliphatic heterocycles. The van der Waals surface area contributed by atoms with Gasteiger partial charge in [-0.3, -0.25) is 0 Å². The van der Waals surface area contributed by atoms with Gasteiger partial charge in [0.15, 0.2) is 6.29 Å². The molecule has 1 fully saturated rings. The van der Waals surface area contributed by atoms with E-state index in [1.54, 1.807) is 7.11 Å². The van der Waals surface area contributed by atoms with Gasteiger partial charge in [0.2, 0.25) is 0 Å². The molecule has 0 amide bonds. The third-order valence-corrected chi connectivity index (χ3v) is 3.51. The number of hydrogen-bond acceptors (Lipinski definition) is 2. The summed E-state index contributed by atoms with van der Waals surface area (Å²) < 4.78 is 11.3. The van der Waals surface area contributed by atoms with Crippen molar-refractivity contribution >= 4 is 0 Å². The van der Waals surface area contributed by atoms with Crippen molar-refractivity contribution in [2.24, 2.45) is 5.41 Å². The second-order valence-corrected chi connectivity index (χ2v) is 6.24. The highest BCUT2D eigenvalue weighted by Crippen LogP contribution is 2.41. The Morgan fingerprint density at radius 1 is 0.952 bits per heavy atom. The standard InChI is InChI=1S/C19H24O2/c1-19(2,3)17-12-10-16(11-13-17)18(20-4)21-14-15-8-6-5-7-9-15/h5-13,18H,14H2,1-4H3. The second-order valence-electron chi connectivity index (χ2n) is 6.24. The molecule has 1 aromatic carbocycles. The third-order valence-electron chi connectivity index (χ3n) is 3.51. The van der Waals surface area contributed by atoms with Gasteiger partial charge in [0, 0.05) is 13.0 Å². The van der Waals surface area contributed by atoms with E-state index in [0.29, 0.717) is 6.61 Å². The number of hydrogen-bond donors (Lipinski definition) is 0. The molecule has 1 unspecified atom stereocenters. The Morgan fingerprint density at radius 2 is 1.57 bits per heavy atom. The summed E-state index contributed by atoms with van der Waals surface area (Å²) in [6.45, 7) is 7.17. The maximum Gasteiger partial charge on any atom is 0.164 e. The minimum absolute atomic E-state index is 0.159. The largest absolute Gasteiger partial charge is 0.355 e. The first-order valence-electron chi connectivity index (χ1n) is 7.29. The van der Waals surface area contributed by atoms with Crippen molar-refractivity contribution in [1.82, 2.24) is 0 Å². The lowest BCUT2D eigenvalue weighted by Gasteiger charge is -2.37. The van der Waals surface area contributed by atoms with Gasteiger partial charge in [0.1, 0.15) is 0 Å². The zero-order valence-corrected chi connectivity index (χ0v) is 13.3. The molecule has 1 aromatic rings. The fourth-order valence-electron chi connectivity index (χ4n) is 2.19. The van der Waals surface area contributed by atoms with E-state index < -0.39 is 0 Å². The predicted octanol–water partition coefficient (Wildman–Crippen LogP) is 4.20. The zero-order valence-electron chi connectivity index (χ0n) is 13.3. The Bertz CT molecular complexity index is 399. The van der Waals surface area contributed by atoms with Crippen LogP contribution in [0.25, 0.3) is 0 Å². The van der Waals surface area contributed by atoms with Crippen LogP contribution in [0.3, 0.4) is 0 Å². The van der Waals surface area contributed by atoms with Crippen LogP contribution in [0.1, 0.15) is 26.3 Å². The van der Waals surface area contributed by atoms with Crippen LogP contribution < -0.4 is 0 Å². The highest BCUT2D eigenvalue weighted by atomic mass is 16.7. The van der Waals surface area contributed by atoms with Gasteiger partial charge in [-0.1, -0.05) is 51.1 Å². The first kappa shape index (κ1) is 16.5. The van der Waals surface area contributed by atoms with Gasteiger partial charge < -0.3 is 9.47 Å². The first-order valence-corrected chi connectivity index (χ1v) is 7.29. The average molecular weight is 284 g/mol. The molecule has 2 rings (SSSR count). The maximum atomic E-state index is 5.87. The topological polar surface area (TPSA) is 18.5 Å². The van der Waals surface area contributed by atoms with Crippen molar-refractivity contribution < 1.29 is 9.47 Å². The van der Waals surface area contributed by atoms with Crippen molar-refractivity contribution in [1.29, 1.82) is 0 Å². The van der Waals surface area contributed by atoms with Crippen LogP contribution in [0.5, 0.6) is 0 Å². The quantitative estimate of drug-likeness (QED) is 0.754. The molecular formula is C19H24O2. The summed E-state index contributed by atoms with van der Waals surface area (Å²) in [5, 5.41) is 0. The van der Waals surface area contributed by atoms with Crippen molar-refractivity contribution in [3.63, 3.8) is 0 Å². The van der Waals surface area contributed by atoms with E-state index in [-0.39, 0.29) is 11.7 Å². The summed E-state index contributed by atoms with van der Waals surface area (Å²) in [6.07, 6.45) is 8.12. The average Bonchev–Trinajstić information content (AvgIpc) is 2.48. The Balaban J connectivity index is 1.82. The van der Waals surface area contributed by atoms with E-state index in [0.717, 1.165) is 11.5 Å². The monoisotopic (exact) mass is 284 g/mol. The normalized spacial score (nSPS) is 19.6. The lowest BCUT2D eigenvalue weighted by molar-refractivity contribution is -0.116. The fraction of sp³-hybridized carbons (Fsp3) is 0.368.